The van der Waals surface area contributed by atoms with Gasteiger partial charge in [-0.1, -0.05) is 34.1 Å². The second-order valence-electron chi connectivity index (χ2n) is 4.81. The highest BCUT2D eigenvalue weighted by atomic mass is 127. The Hall–Kier alpha value is -0.590. The molecule has 0 aromatic heterocycles. The minimum absolute atomic E-state index is 0.107. The number of rotatable bonds is 5. The van der Waals surface area contributed by atoms with Crippen LogP contribution in [0.4, 0.5) is 0 Å². The average molecular weight is 460 g/mol. The fraction of sp³-hybridized carbons (Fsp3) is 0.294. The predicted octanol–water partition coefficient (Wildman–Crippen LogP) is 5.07. The van der Waals surface area contributed by atoms with Crippen LogP contribution in [0.25, 0.3) is 0 Å². The van der Waals surface area contributed by atoms with Gasteiger partial charge in [0.2, 0.25) is 0 Å². The zero-order valence-corrected chi connectivity index (χ0v) is 16.2. The Bertz CT molecular complexity index is 630. The average Bonchev–Trinajstić information content (AvgIpc) is 2.47. The van der Waals surface area contributed by atoms with Crippen LogP contribution in [0.5, 0.6) is 5.75 Å². The van der Waals surface area contributed by atoms with E-state index in [1.165, 1.54) is 14.7 Å². The summed E-state index contributed by atoms with van der Waals surface area (Å²) in [6.07, 6.45) is 0. The molecule has 2 nitrogen and oxygen atoms in total. The highest BCUT2D eigenvalue weighted by Gasteiger charge is 2.20. The zero-order chi connectivity index (χ0) is 15.4. The van der Waals surface area contributed by atoms with Crippen molar-refractivity contribution in [2.75, 3.05) is 13.7 Å². The van der Waals surface area contributed by atoms with E-state index in [2.05, 4.69) is 75.0 Å². The third-order valence-electron chi connectivity index (χ3n) is 3.40. The molecule has 1 N–H and O–H groups in total. The van der Waals surface area contributed by atoms with E-state index in [0.717, 1.165) is 15.8 Å². The number of hydrogen-bond acceptors (Lipinski definition) is 2. The van der Waals surface area contributed by atoms with E-state index in [9.17, 15) is 0 Å². The quantitative estimate of drug-likeness (QED) is 0.630. The van der Waals surface area contributed by atoms with E-state index in [-0.39, 0.29) is 6.04 Å². The SMILES string of the molecule is CCOc1ccc(Br)cc1C(NC)c1cccc(C)c1I. The fourth-order valence-corrected chi connectivity index (χ4v) is 3.45. The highest BCUT2D eigenvalue weighted by molar-refractivity contribution is 14.1. The lowest BCUT2D eigenvalue weighted by Gasteiger charge is -2.22. The molecule has 0 amide bonds. The van der Waals surface area contributed by atoms with E-state index in [4.69, 9.17) is 4.74 Å². The van der Waals surface area contributed by atoms with Crippen molar-refractivity contribution < 1.29 is 4.74 Å². The number of aryl methyl sites for hydroxylation is 1. The van der Waals surface area contributed by atoms with Crippen LogP contribution in [0.15, 0.2) is 40.9 Å². The molecule has 0 aliphatic rings. The Kier molecular flexibility index (Phi) is 6.08. The Labute approximate surface area is 148 Å². The summed E-state index contributed by atoms with van der Waals surface area (Å²) in [5, 5.41) is 3.42. The lowest BCUT2D eigenvalue weighted by molar-refractivity contribution is 0.334. The lowest BCUT2D eigenvalue weighted by atomic mass is 9.96. The first kappa shape index (κ1) is 16.8. The van der Waals surface area contributed by atoms with Gasteiger partial charge in [-0.3, -0.25) is 0 Å². The van der Waals surface area contributed by atoms with E-state index in [1.807, 2.05) is 26.1 Å². The number of hydrogen-bond donors (Lipinski definition) is 1. The van der Waals surface area contributed by atoms with Crippen molar-refractivity contribution in [3.63, 3.8) is 0 Å². The van der Waals surface area contributed by atoms with Crippen LogP contribution >= 0.6 is 38.5 Å². The predicted molar refractivity (Wildman–Crippen MR) is 100 cm³/mol. The second kappa shape index (κ2) is 7.61. The second-order valence-corrected chi connectivity index (χ2v) is 6.81. The monoisotopic (exact) mass is 459 g/mol. The molecule has 0 fully saturated rings. The van der Waals surface area contributed by atoms with E-state index in [1.54, 1.807) is 0 Å². The van der Waals surface area contributed by atoms with Crippen molar-refractivity contribution in [2.24, 2.45) is 0 Å². The van der Waals surface area contributed by atoms with Crippen LogP contribution in [-0.2, 0) is 0 Å². The van der Waals surface area contributed by atoms with Crippen molar-refractivity contribution in [2.45, 2.75) is 19.9 Å². The van der Waals surface area contributed by atoms with Gasteiger partial charge in [0, 0.05) is 13.6 Å². The molecule has 2 aromatic carbocycles. The summed E-state index contributed by atoms with van der Waals surface area (Å²) in [6, 6.07) is 12.7. The molecule has 2 rings (SSSR count). The fourth-order valence-electron chi connectivity index (χ4n) is 2.40. The Morgan fingerprint density at radius 2 is 2.00 bits per heavy atom. The molecule has 0 heterocycles. The number of nitrogens with one attached hydrogen (secondary N) is 1. The van der Waals surface area contributed by atoms with E-state index in [0.29, 0.717) is 6.61 Å². The first-order valence-electron chi connectivity index (χ1n) is 6.93. The summed E-state index contributed by atoms with van der Waals surface area (Å²) in [5.41, 5.74) is 3.72. The third-order valence-corrected chi connectivity index (χ3v) is 5.37. The zero-order valence-electron chi connectivity index (χ0n) is 12.4. The van der Waals surface area contributed by atoms with Crippen molar-refractivity contribution in [3.8, 4) is 5.75 Å². The maximum atomic E-state index is 5.80. The maximum absolute atomic E-state index is 5.80. The molecule has 4 heteroatoms. The largest absolute Gasteiger partial charge is 0.494 e. The van der Waals surface area contributed by atoms with Crippen LogP contribution < -0.4 is 10.1 Å². The van der Waals surface area contributed by atoms with Gasteiger partial charge in [0.1, 0.15) is 5.75 Å². The van der Waals surface area contributed by atoms with Crippen LogP contribution in [-0.4, -0.2) is 13.7 Å². The van der Waals surface area contributed by atoms with Gasteiger partial charge in [-0.15, -0.1) is 0 Å². The first-order chi connectivity index (χ1) is 10.1. The summed E-state index contributed by atoms with van der Waals surface area (Å²) in [6.45, 7) is 4.81. The molecular formula is C17H19BrINO. The lowest BCUT2D eigenvalue weighted by Crippen LogP contribution is -2.20. The third kappa shape index (κ3) is 3.79. The Balaban J connectivity index is 2.55. The van der Waals surface area contributed by atoms with Gasteiger partial charge in [-0.2, -0.15) is 0 Å². The Morgan fingerprint density at radius 1 is 1.24 bits per heavy atom. The molecular weight excluding hydrogens is 441 g/mol. The van der Waals surface area contributed by atoms with Gasteiger partial charge in [-0.05, 0) is 72.8 Å². The Morgan fingerprint density at radius 3 is 2.67 bits per heavy atom. The number of benzene rings is 2. The summed E-state index contributed by atoms with van der Waals surface area (Å²) < 4.78 is 8.15. The van der Waals surface area contributed by atoms with Gasteiger partial charge >= 0.3 is 0 Å². The molecule has 112 valence electrons. The first-order valence-corrected chi connectivity index (χ1v) is 8.80. The molecule has 0 saturated heterocycles. The van der Waals surface area contributed by atoms with Crippen molar-refractivity contribution in [1.29, 1.82) is 0 Å². The van der Waals surface area contributed by atoms with Crippen molar-refractivity contribution in [3.05, 3.63) is 61.1 Å². The van der Waals surface area contributed by atoms with Crippen LogP contribution in [0.2, 0.25) is 0 Å². The molecule has 2 aromatic rings. The number of ether oxygens (including phenoxy) is 1. The normalized spacial score (nSPS) is 12.2. The molecule has 0 spiro atoms. The van der Waals surface area contributed by atoms with Gasteiger partial charge in [0.15, 0.2) is 0 Å². The molecule has 0 aliphatic heterocycles. The van der Waals surface area contributed by atoms with Gasteiger partial charge in [0.25, 0.3) is 0 Å². The van der Waals surface area contributed by atoms with E-state index >= 15 is 0 Å². The summed E-state index contributed by atoms with van der Waals surface area (Å²) >= 11 is 5.98. The topological polar surface area (TPSA) is 21.3 Å². The standard InChI is InChI=1S/C17H19BrINO/c1-4-21-15-9-8-12(18)10-14(15)17(20-3)13-7-5-6-11(2)16(13)19/h5-10,17,20H,4H2,1-3H3. The molecule has 0 radical (unpaired) electrons. The molecule has 21 heavy (non-hydrogen) atoms. The maximum Gasteiger partial charge on any atom is 0.124 e. The minimum atomic E-state index is 0.107. The molecule has 0 aliphatic carbocycles. The van der Waals surface area contributed by atoms with Gasteiger partial charge < -0.3 is 10.1 Å². The van der Waals surface area contributed by atoms with Gasteiger partial charge in [0.05, 0.1) is 12.6 Å². The molecule has 1 unspecified atom stereocenters. The smallest absolute Gasteiger partial charge is 0.124 e. The summed E-state index contributed by atoms with van der Waals surface area (Å²) in [4.78, 5) is 0. The van der Waals surface area contributed by atoms with Crippen LogP contribution in [0.1, 0.15) is 29.7 Å². The molecule has 1 atom stereocenters. The highest BCUT2D eigenvalue weighted by Crippen LogP contribution is 2.35. The van der Waals surface area contributed by atoms with Crippen LogP contribution in [0, 0.1) is 10.5 Å². The minimum Gasteiger partial charge on any atom is -0.494 e. The summed E-state index contributed by atoms with van der Waals surface area (Å²) in [7, 11) is 1.99. The molecule has 0 saturated carbocycles. The summed E-state index contributed by atoms with van der Waals surface area (Å²) in [5.74, 6) is 0.928. The van der Waals surface area contributed by atoms with Crippen molar-refractivity contribution in [1.82, 2.24) is 5.32 Å². The van der Waals surface area contributed by atoms with Gasteiger partial charge in [-0.25, -0.2) is 0 Å². The van der Waals surface area contributed by atoms with Crippen molar-refractivity contribution >= 4 is 38.5 Å². The molecule has 0 bridgehead atoms. The number of halogens is 2. The van der Waals surface area contributed by atoms with Crippen LogP contribution in [0.3, 0.4) is 0 Å². The van der Waals surface area contributed by atoms with E-state index < -0.39 is 0 Å².